The number of hydroxylamine groups is 2. The Balaban J connectivity index is 1.82. The fourth-order valence-corrected chi connectivity index (χ4v) is 1.94. The number of hydrogen-bond donors (Lipinski definition) is 1. The molecule has 1 aliphatic heterocycles. The van der Waals surface area contributed by atoms with Crippen LogP contribution < -0.4 is 5.73 Å². The average molecular weight is 258 g/mol. The Morgan fingerprint density at radius 1 is 1.26 bits per heavy atom. The Kier molecular flexibility index (Phi) is 2.92. The van der Waals surface area contributed by atoms with E-state index in [0.717, 1.165) is 12.1 Å². The van der Waals surface area contributed by atoms with E-state index >= 15 is 0 Å². The summed E-state index contributed by atoms with van der Waals surface area (Å²) in [5.74, 6) is -0.202. The van der Waals surface area contributed by atoms with Crippen molar-refractivity contribution in [3.63, 3.8) is 0 Å². The number of nitrogens with two attached hydrogens (primary N) is 1. The van der Waals surface area contributed by atoms with Gasteiger partial charge in [-0.1, -0.05) is 0 Å². The molecule has 6 heteroatoms. The molecule has 1 saturated heterocycles. The van der Waals surface area contributed by atoms with Gasteiger partial charge in [-0.05, 0) is 36.8 Å². The van der Waals surface area contributed by atoms with Crippen LogP contribution in [0.5, 0.6) is 0 Å². The summed E-state index contributed by atoms with van der Waals surface area (Å²) >= 11 is 0. The van der Waals surface area contributed by atoms with Crippen molar-refractivity contribution in [2.75, 3.05) is 18.9 Å². The lowest BCUT2D eigenvalue weighted by atomic mass is 10.3. The molecule has 1 aromatic carbocycles. The molecule has 1 fully saturated rings. The number of carbonyl (C=O) groups is 1. The van der Waals surface area contributed by atoms with Crippen molar-refractivity contribution in [3.8, 4) is 5.69 Å². The number of hydrogen-bond acceptors (Lipinski definition) is 4. The summed E-state index contributed by atoms with van der Waals surface area (Å²) in [6, 6.07) is 8.97. The predicted octanol–water partition coefficient (Wildman–Crippen LogP) is 1.23. The summed E-state index contributed by atoms with van der Waals surface area (Å²) in [6.45, 7) is 1.21. The minimum atomic E-state index is -0.202. The van der Waals surface area contributed by atoms with Gasteiger partial charge >= 0.3 is 0 Å². The summed E-state index contributed by atoms with van der Waals surface area (Å²) in [4.78, 5) is 17.3. The van der Waals surface area contributed by atoms with Crippen LogP contribution in [0, 0.1) is 0 Å². The highest BCUT2D eigenvalue weighted by molar-refractivity contribution is 5.91. The van der Waals surface area contributed by atoms with E-state index in [2.05, 4.69) is 5.10 Å². The summed E-state index contributed by atoms with van der Waals surface area (Å²) < 4.78 is 1.64. The van der Waals surface area contributed by atoms with Gasteiger partial charge in [0.1, 0.15) is 0 Å². The highest BCUT2D eigenvalue weighted by atomic mass is 16.7. The fraction of sp³-hybridized carbons (Fsp3) is 0.231. The maximum atomic E-state index is 12.1. The van der Waals surface area contributed by atoms with Crippen LogP contribution in [0.1, 0.15) is 16.9 Å². The fourth-order valence-electron chi connectivity index (χ4n) is 1.94. The zero-order valence-corrected chi connectivity index (χ0v) is 10.3. The summed E-state index contributed by atoms with van der Waals surface area (Å²) in [5, 5.41) is 5.62. The summed E-state index contributed by atoms with van der Waals surface area (Å²) in [5.41, 5.74) is 7.56. The topological polar surface area (TPSA) is 73.4 Å². The van der Waals surface area contributed by atoms with Gasteiger partial charge in [0, 0.05) is 11.9 Å². The first-order valence-electron chi connectivity index (χ1n) is 6.10. The molecule has 0 saturated carbocycles. The van der Waals surface area contributed by atoms with Crippen LogP contribution in [-0.2, 0) is 4.84 Å². The van der Waals surface area contributed by atoms with Gasteiger partial charge in [-0.15, -0.1) is 0 Å². The number of benzene rings is 1. The number of carbonyl (C=O) groups excluding carboxylic acids is 1. The molecule has 2 aromatic rings. The van der Waals surface area contributed by atoms with Crippen LogP contribution in [0.2, 0.25) is 0 Å². The third kappa shape index (κ3) is 2.30. The van der Waals surface area contributed by atoms with E-state index in [-0.39, 0.29) is 5.91 Å². The highest BCUT2D eigenvalue weighted by Crippen LogP contribution is 2.13. The minimum absolute atomic E-state index is 0.202. The Morgan fingerprint density at radius 2 is 2.05 bits per heavy atom. The van der Waals surface area contributed by atoms with E-state index in [9.17, 15) is 4.79 Å². The maximum Gasteiger partial charge on any atom is 0.297 e. The van der Waals surface area contributed by atoms with Gasteiger partial charge in [0.05, 0.1) is 18.8 Å². The Morgan fingerprint density at radius 3 is 2.74 bits per heavy atom. The van der Waals surface area contributed by atoms with Gasteiger partial charge in [0.2, 0.25) is 0 Å². The van der Waals surface area contributed by atoms with E-state index in [1.165, 1.54) is 5.06 Å². The molecule has 0 atom stereocenters. The summed E-state index contributed by atoms with van der Waals surface area (Å²) in [6.07, 6.45) is 2.61. The number of aromatic nitrogens is 2. The van der Waals surface area contributed by atoms with Crippen LogP contribution in [0.3, 0.4) is 0 Å². The van der Waals surface area contributed by atoms with Crippen molar-refractivity contribution in [2.24, 2.45) is 0 Å². The minimum Gasteiger partial charge on any atom is -0.399 e. The number of amides is 1. The van der Waals surface area contributed by atoms with Crippen molar-refractivity contribution in [1.82, 2.24) is 14.8 Å². The molecule has 98 valence electrons. The van der Waals surface area contributed by atoms with Crippen molar-refractivity contribution in [3.05, 3.63) is 42.2 Å². The van der Waals surface area contributed by atoms with Gasteiger partial charge < -0.3 is 5.73 Å². The second kappa shape index (κ2) is 4.74. The number of nitrogens with zero attached hydrogens (tertiary/aromatic N) is 3. The normalized spacial score (nSPS) is 14.8. The van der Waals surface area contributed by atoms with Crippen molar-refractivity contribution in [1.29, 1.82) is 0 Å². The van der Waals surface area contributed by atoms with Gasteiger partial charge in [-0.3, -0.25) is 9.63 Å². The first kappa shape index (κ1) is 11.7. The number of anilines is 1. The maximum absolute atomic E-state index is 12.1. The van der Waals surface area contributed by atoms with Gasteiger partial charge in [0.15, 0.2) is 5.69 Å². The molecule has 0 bridgehead atoms. The summed E-state index contributed by atoms with van der Waals surface area (Å²) in [7, 11) is 0. The Labute approximate surface area is 110 Å². The average Bonchev–Trinajstić information content (AvgIpc) is 3.10. The van der Waals surface area contributed by atoms with Crippen molar-refractivity contribution >= 4 is 11.6 Å². The van der Waals surface area contributed by atoms with E-state index in [1.807, 2.05) is 12.1 Å². The second-order valence-electron chi connectivity index (χ2n) is 4.33. The molecule has 1 aliphatic rings. The van der Waals surface area contributed by atoms with Crippen LogP contribution >= 0.6 is 0 Å². The first-order valence-corrected chi connectivity index (χ1v) is 6.10. The van der Waals surface area contributed by atoms with Gasteiger partial charge in [-0.2, -0.15) is 5.10 Å². The molecule has 0 radical (unpaired) electrons. The van der Waals surface area contributed by atoms with Crippen molar-refractivity contribution in [2.45, 2.75) is 6.42 Å². The molecule has 2 N–H and O–H groups in total. The molecule has 1 aromatic heterocycles. The lowest BCUT2D eigenvalue weighted by Crippen LogP contribution is -2.26. The van der Waals surface area contributed by atoms with E-state index in [0.29, 0.717) is 24.5 Å². The third-order valence-corrected chi connectivity index (χ3v) is 2.95. The molecular weight excluding hydrogens is 244 g/mol. The second-order valence-corrected chi connectivity index (χ2v) is 4.33. The first-order chi connectivity index (χ1) is 9.24. The molecule has 0 unspecified atom stereocenters. The highest BCUT2D eigenvalue weighted by Gasteiger charge is 2.22. The van der Waals surface area contributed by atoms with Gasteiger partial charge in [-0.25, -0.2) is 9.75 Å². The van der Waals surface area contributed by atoms with Crippen LogP contribution in [-0.4, -0.2) is 33.9 Å². The van der Waals surface area contributed by atoms with Gasteiger partial charge in [0.25, 0.3) is 5.91 Å². The SMILES string of the molecule is Nc1ccc(-n2ccc(C(=O)N3CCCO3)n2)cc1. The Hall–Kier alpha value is -2.34. The smallest absolute Gasteiger partial charge is 0.297 e. The largest absolute Gasteiger partial charge is 0.399 e. The Bertz CT molecular complexity index is 585. The molecule has 1 amide bonds. The number of rotatable bonds is 2. The van der Waals surface area contributed by atoms with Crippen LogP contribution in [0.25, 0.3) is 5.69 Å². The van der Waals surface area contributed by atoms with E-state index < -0.39 is 0 Å². The lowest BCUT2D eigenvalue weighted by molar-refractivity contribution is -0.0772. The molecule has 3 rings (SSSR count). The quantitative estimate of drug-likeness (QED) is 0.822. The molecule has 0 spiro atoms. The van der Waals surface area contributed by atoms with Crippen molar-refractivity contribution < 1.29 is 9.63 Å². The molecule has 6 nitrogen and oxygen atoms in total. The monoisotopic (exact) mass is 258 g/mol. The van der Waals surface area contributed by atoms with E-state index in [4.69, 9.17) is 10.6 Å². The zero-order valence-electron chi connectivity index (χ0n) is 10.3. The molecule has 0 aliphatic carbocycles. The van der Waals surface area contributed by atoms with Crippen LogP contribution in [0.4, 0.5) is 5.69 Å². The predicted molar refractivity (Wildman–Crippen MR) is 69.6 cm³/mol. The third-order valence-electron chi connectivity index (χ3n) is 2.95. The zero-order chi connectivity index (χ0) is 13.2. The molecule has 2 heterocycles. The lowest BCUT2D eigenvalue weighted by Gasteiger charge is -2.11. The number of nitrogen functional groups attached to an aromatic ring is 1. The van der Waals surface area contributed by atoms with E-state index in [1.54, 1.807) is 29.1 Å². The molecule has 19 heavy (non-hydrogen) atoms. The molecular formula is C13H14N4O2. The van der Waals surface area contributed by atoms with Crippen LogP contribution in [0.15, 0.2) is 36.5 Å². The standard InChI is InChI=1S/C13H14N4O2/c14-10-2-4-11(5-3-10)16-8-6-12(15-16)13(18)17-7-1-9-19-17/h2-6,8H,1,7,9,14H2.